The Hall–Kier alpha value is -1.73. The van der Waals surface area contributed by atoms with Crippen molar-refractivity contribution >= 4 is 23.3 Å². The van der Waals surface area contributed by atoms with Crippen LogP contribution < -0.4 is 4.74 Å². The van der Waals surface area contributed by atoms with E-state index < -0.39 is 5.41 Å². The van der Waals surface area contributed by atoms with Gasteiger partial charge in [-0.15, -0.1) is 4.37 Å². The summed E-state index contributed by atoms with van der Waals surface area (Å²) in [5, 5.41) is 0. The Bertz CT molecular complexity index is 749. The molecular formula is C22H36N3O3S+. The molecule has 0 aromatic carbocycles. The normalized spacial score (nSPS) is 20.3. The molecule has 29 heavy (non-hydrogen) atoms. The molecule has 1 aromatic rings. The number of unbranched alkanes of at least 4 members (excludes halogenated alkanes) is 3. The van der Waals surface area contributed by atoms with Crippen LogP contribution in [0.25, 0.3) is 5.57 Å². The Morgan fingerprint density at radius 3 is 2.69 bits per heavy atom. The van der Waals surface area contributed by atoms with Gasteiger partial charge in [-0.05, 0) is 34.1 Å². The smallest absolute Gasteiger partial charge is 0.320 e. The molecule has 2 rings (SSSR count). The summed E-state index contributed by atoms with van der Waals surface area (Å²) in [7, 11) is 2.10. The van der Waals surface area contributed by atoms with Crippen molar-refractivity contribution in [1.29, 1.82) is 0 Å². The maximum atomic E-state index is 12.4. The lowest BCUT2D eigenvalue weighted by Crippen LogP contribution is -2.48. The zero-order valence-corrected chi connectivity index (χ0v) is 19.6. The molecule has 1 aromatic heterocycles. The van der Waals surface area contributed by atoms with E-state index in [1.807, 2.05) is 33.8 Å². The first-order chi connectivity index (χ1) is 13.7. The molecule has 0 radical (unpaired) electrons. The van der Waals surface area contributed by atoms with Crippen LogP contribution in [-0.2, 0) is 9.53 Å². The Morgan fingerprint density at radius 1 is 1.28 bits per heavy atom. The van der Waals surface area contributed by atoms with Gasteiger partial charge in [-0.2, -0.15) is 4.37 Å². The van der Waals surface area contributed by atoms with Gasteiger partial charge in [0.15, 0.2) is 0 Å². The highest BCUT2D eigenvalue weighted by Crippen LogP contribution is 2.33. The number of ether oxygens (including phenoxy) is 2. The standard InChI is InChI=1S/C22H36N3O3S/c1-7-9-10-11-15-27-20-19(23-29-24-20)17-13-12-14-25(6,16-17)18(8-2)28-21(26)22(3,4)5/h8,13H,7,9-12,14-16H2,1-6H3/q+1/b18-8+. The Balaban J connectivity index is 2.09. The number of allylic oxidation sites excluding steroid dienone is 1. The largest absolute Gasteiger partial charge is 0.475 e. The van der Waals surface area contributed by atoms with Crippen LogP contribution in [0.15, 0.2) is 18.0 Å². The first kappa shape index (κ1) is 23.5. The van der Waals surface area contributed by atoms with E-state index in [1.165, 1.54) is 31.0 Å². The Morgan fingerprint density at radius 2 is 2.03 bits per heavy atom. The van der Waals surface area contributed by atoms with Crippen LogP contribution in [0, 0.1) is 5.41 Å². The van der Waals surface area contributed by atoms with E-state index in [4.69, 9.17) is 9.47 Å². The summed E-state index contributed by atoms with van der Waals surface area (Å²) in [6.45, 7) is 12.0. The Labute approximate surface area is 179 Å². The van der Waals surface area contributed by atoms with Gasteiger partial charge in [0.25, 0.3) is 11.8 Å². The van der Waals surface area contributed by atoms with Gasteiger partial charge in [-0.1, -0.05) is 32.3 Å². The molecule has 0 N–H and O–H groups in total. The lowest BCUT2D eigenvalue weighted by atomic mass is 9.97. The van der Waals surface area contributed by atoms with E-state index in [-0.39, 0.29) is 5.97 Å². The van der Waals surface area contributed by atoms with E-state index in [0.717, 1.165) is 30.7 Å². The zero-order valence-electron chi connectivity index (χ0n) is 18.8. The lowest BCUT2D eigenvalue weighted by molar-refractivity contribution is -0.879. The molecule has 162 valence electrons. The van der Waals surface area contributed by atoms with Gasteiger partial charge in [0.1, 0.15) is 12.2 Å². The minimum Gasteiger partial charge on any atom is -0.475 e. The highest BCUT2D eigenvalue weighted by Gasteiger charge is 2.37. The maximum absolute atomic E-state index is 12.4. The third kappa shape index (κ3) is 6.37. The summed E-state index contributed by atoms with van der Waals surface area (Å²) < 4.78 is 21.1. The van der Waals surface area contributed by atoms with Crippen LogP contribution in [0.5, 0.6) is 5.88 Å². The number of quaternary nitrogens is 1. The fourth-order valence-corrected chi connectivity index (χ4v) is 3.83. The highest BCUT2D eigenvalue weighted by molar-refractivity contribution is 6.99. The van der Waals surface area contributed by atoms with E-state index in [0.29, 0.717) is 29.4 Å². The van der Waals surface area contributed by atoms with E-state index in [2.05, 4.69) is 28.8 Å². The van der Waals surface area contributed by atoms with Crippen molar-refractivity contribution in [3.05, 3.63) is 23.7 Å². The fraction of sp³-hybridized carbons (Fsp3) is 0.682. The second-order valence-electron chi connectivity index (χ2n) is 8.89. The summed E-state index contributed by atoms with van der Waals surface area (Å²) in [6, 6.07) is 0. The quantitative estimate of drug-likeness (QED) is 0.237. The van der Waals surface area contributed by atoms with Gasteiger partial charge in [-0.25, -0.2) is 0 Å². The molecule has 0 amide bonds. The Kier molecular flexibility index (Phi) is 8.40. The van der Waals surface area contributed by atoms with Gasteiger partial charge in [-0.3, -0.25) is 9.28 Å². The van der Waals surface area contributed by atoms with Gasteiger partial charge in [0.05, 0.1) is 37.3 Å². The molecule has 0 fully saturated rings. The highest BCUT2D eigenvalue weighted by atomic mass is 32.1. The molecule has 0 saturated carbocycles. The van der Waals surface area contributed by atoms with Crippen molar-refractivity contribution in [3.8, 4) is 5.88 Å². The van der Waals surface area contributed by atoms with E-state index in [1.54, 1.807) is 0 Å². The predicted octanol–water partition coefficient (Wildman–Crippen LogP) is 5.18. The zero-order chi connectivity index (χ0) is 21.5. The maximum Gasteiger partial charge on any atom is 0.320 e. The van der Waals surface area contributed by atoms with Crippen LogP contribution in [0.1, 0.15) is 72.4 Å². The summed E-state index contributed by atoms with van der Waals surface area (Å²) in [5.74, 6) is 1.09. The summed E-state index contributed by atoms with van der Waals surface area (Å²) in [4.78, 5) is 12.4. The summed E-state index contributed by atoms with van der Waals surface area (Å²) >= 11 is 1.18. The predicted molar refractivity (Wildman–Crippen MR) is 117 cm³/mol. The van der Waals surface area contributed by atoms with Crippen molar-refractivity contribution < 1.29 is 18.8 Å². The molecule has 7 heteroatoms. The number of likely N-dealkylation sites (N-methyl/N-ethyl adjacent to an activating group) is 1. The van der Waals surface area contributed by atoms with E-state index in [9.17, 15) is 4.79 Å². The van der Waals surface area contributed by atoms with Crippen molar-refractivity contribution in [2.45, 2.75) is 66.7 Å². The molecule has 1 aliphatic rings. The number of carbonyl (C=O) groups excluding carboxylic acids is 1. The molecule has 0 aliphatic carbocycles. The third-order valence-electron chi connectivity index (χ3n) is 5.12. The van der Waals surface area contributed by atoms with Crippen LogP contribution in [0.3, 0.4) is 0 Å². The number of hydrogen-bond donors (Lipinski definition) is 0. The summed E-state index contributed by atoms with van der Waals surface area (Å²) in [6.07, 6.45) is 9.63. The molecule has 6 nitrogen and oxygen atoms in total. The minimum absolute atomic E-state index is 0.215. The van der Waals surface area contributed by atoms with Crippen LogP contribution in [0.2, 0.25) is 0 Å². The first-order valence-corrected chi connectivity index (χ1v) is 11.3. The number of aromatic nitrogens is 2. The number of rotatable bonds is 9. The molecular weight excluding hydrogens is 386 g/mol. The summed E-state index contributed by atoms with van der Waals surface area (Å²) in [5.41, 5.74) is 1.38. The molecule has 1 atom stereocenters. The van der Waals surface area contributed by atoms with Crippen molar-refractivity contribution in [3.63, 3.8) is 0 Å². The molecule has 1 unspecified atom stereocenters. The van der Waals surface area contributed by atoms with Crippen molar-refractivity contribution in [2.75, 3.05) is 26.7 Å². The van der Waals surface area contributed by atoms with Gasteiger partial charge >= 0.3 is 5.97 Å². The lowest BCUT2D eigenvalue weighted by Gasteiger charge is -2.37. The fourth-order valence-electron chi connectivity index (χ4n) is 3.30. The second kappa shape index (κ2) is 10.3. The number of nitrogens with zero attached hydrogens (tertiary/aromatic N) is 3. The molecule has 0 bridgehead atoms. The second-order valence-corrected chi connectivity index (χ2v) is 9.42. The first-order valence-electron chi connectivity index (χ1n) is 10.6. The minimum atomic E-state index is -0.542. The van der Waals surface area contributed by atoms with Crippen molar-refractivity contribution in [2.24, 2.45) is 5.41 Å². The third-order valence-corrected chi connectivity index (χ3v) is 5.63. The molecule has 1 aliphatic heterocycles. The van der Waals surface area contributed by atoms with Crippen LogP contribution in [0.4, 0.5) is 0 Å². The SMILES string of the molecule is C/C=C(/OC(=O)C(C)(C)C)[N+]1(C)CCC=C(c2nsnc2OCCCCCC)C1. The number of hydrogen-bond acceptors (Lipinski definition) is 6. The van der Waals surface area contributed by atoms with Gasteiger partial charge < -0.3 is 9.47 Å². The van der Waals surface area contributed by atoms with Crippen LogP contribution in [-0.4, -0.2) is 45.9 Å². The van der Waals surface area contributed by atoms with E-state index >= 15 is 0 Å². The number of carbonyl (C=O) groups is 1. The monoisotopic (exact) mass is 422 g/mol. The molecule has 0 spiro atoms. The topological polar surface area (TPSA) is 61.3 Å². The van der Waals surface area contributed by atoms with Crippen molar-refractivity contribution in [1.82, 2.24) is 8.75 Å². The van der Waals surface area contributed by atoms with Gasteiger partial charge in [0.2, 0.25) is 0 Å². The average molecular weight is 423 g/mol. The molecule has 2 heterocycles. The van der Waals surface area contributed by atoms with Crippen LogP contribution >= 0.6 is 11.7 Å². The molecule has 0 saturated heterocycles. The van der Waals surface area contributed by atoms with Gasteiger partial charge in [0, 0.05) is 18.1 Å². The number of esters is 1. The average Bonchev–Trinajstić information content (AvgIpc) is 3.13.